The molecule has 0 radical (unpaired) electrons. The lowest BCUT2D eigenvalue weighted by Gasteiger charge is -2.39. The molecule has 1 saturated heterocycles. The van der Waals surface area contributed by atoms with Crippen molar-refractivity contribution in [2.75, 3.05) is 13.2 Å². The maximum absolute atomic E-state index is 5.72. The van der Waals surface area contributed by atoms with E-state index in [2.05, 4.69) is 115 Å². The smallest absolute Gasteiger partial charge is 0.157 e. The lowest BCUT2D eigenvalue weighted by molar-refractivity contribution is -0.201. The Balaban J connectivity index is 0.000000190. The van der Waals surface area contributed by atoms with Gasteiger partial charge in [0.2, 0.25) is 0 Å². The number of hydrogen-bond acceptors (Lipinski definition) is 2. The standard InChI is InChI=1S/C22H34.C19H32.C17H28O2.C17H28/c1-5-12-21(4)14-9-20(10-15-21)11-18-22(13-6-2)16-7-19(3)8-17-22;1-4-13-19(3)14-11-18(12-15-19)10-9-17-7-5-16(2)6-8-17;1-4-9-17(3)10-7-15(8-11-17)5-6-16-18-12-14(2)13-19-16;1-4-5-16-12-17(11-8-14(16)3)15-9-6-13(2)7-10-15/h19-20H,7-11,14-18H2,1-4H3;16-18H,5-12,14-15H2,1-3H3;14-16H,5-8,10-13H2,1-3H3;13-17H,6-12H2,1-3H3/t;;;13?,14-,15?,16?,17-/m...1/s1. The van der Waals surface area contributed by atoms with E-state index in [1.54, 1.807) is 0 Å². The van der Waals surface area contributed by atoms with Gasteiger partial charge < -0.3 is 9.47 Å². The van der Waals surface area contributed by atoms with E-state index in [9.17, 15) is 0 Å². The van der Waals surface area contributed by atoms with Crippen LogP contribution in [0.1, 0.15) is 302 Å². The van der Waals surface area contributed by atoms with Gasteiger partial charge in [-0.25, -0.2) is 0 Å². The van der Waals surface area contributed by atoms with E-state index in [1.165, 1.54) is 205 Å². The average molecular weight is 1060 g/mol. The third-order valence-corrected chi connectivity index (χ3v) is 21.9. The van der Waals surface area contributed by atoms with Crippen molar-refractivity contribution in [3.05, 3.63) is 0 Å². The topological polar surface area (TPSA) is 18.5 Å². The molecule has 2 nitrogen and oxygen atoms in total. The van der Waals surface area contributed by atoms with E-state index in [0.29, 0.717) is 28.1 Å². The van der Waals surface area contributed by atoms with Crippen molar-refractivity contribution in [3.63, 3.8) is 0 Å². The van der Waals surface area contributed by atoms with Gasteiger partial charge in [0.1, 0.15) is 0 Å². The molecule has 0 spiro atoms. The molecule has 3 atom stereocenters. The summed E-state index contributed by atoms with van der Waals surface area (Å²) in [5.74, 6) is 43.9. The van der Waals surface area contributed by atoms with Crippen LogP contribution in [-0.2, 0) is 9.47 Å². The average Bonchev–Trinajstić information content (AvgIpc) is 3.42. The Labute approximate surface area is 480 Å². The molecule has 0 aromatic carbocycles. The summed E-state index contributed by atoms with van der Waals surface area (Å²) >= 11 is 0. The zero-order valence-corrected chi connectivity index (χ0v) is 53.1. The summed E-state index contributed by atoms with van der Waals surface area (Å²) in [4.78, 5) is 0. The molecule has 8 fully saturated rings. The van der Waals surface area contributed by atoms with Gasteiger partial charge in [0.25, 0.3) is 0 Å². The van der Waals surface area contributed by atoms with Gasteiger partial charge in [-0.15, -0.1) is 29.6 Å². The molecule has 7 aliphatic carbocycles. The van der Waals surface area contributed by atoms with Crippen molar-refractivity contribution in [1.29, 1.82) is 0 Å². The minimum absolute atomic E-state index is 0.0555. The first kappa shape index (κ1) is 65.5. The summed E-state index contributed by atoms with van der Waals surface area (Å²) in [6.45, 7) is 30.5. The first-order valence-corrected chi connectivity index (χ1v) is 33.3. The summed E-state index contributed by atoms with van der Waals surface area (Å²) in [5, 5.41) is 0. The Bertz CT molecular complexity index is 1890. The zero-order valence-electron chi connectivity index (χ0n) is 53.1. The van der Waals surface area contributed by atoms with Crippen LogP contribution in [0.2, 0.25) is 0 Å². The van der Waals surface area contributed by atoms with E-state index in [4.69, 9.17) is 9.47 Å². The normalized spacial score (nSPS) is 39.8. The Kier molecular flexibility index (Phi) is 28.6. The van der Waals surface area contributed by atoms with Gasteiger partial charge in [-0.2, -0.15) is 0 Å². The Morgan fingerprint density at radius 2 is 0.753 bits per heavy atom. The van der Waals surface area contributed by atoms with E-state index in [0.717, 1.165) is 78.8 Å². The maximum Gasteiger partial charge on any atom is 0.157 e. The van der Waals surface area contributed by atoms with Crippen molar-refractivity contribution in [2.45, 2.75) is 308 Å². The number of rotatable bonds is 10. The van der Waals surface area contributed by atoms with Gasteiger partial charge >= 0.3 is 0 Å². The zero-order chi connectivity index (χ0) is 55.7. The molecule has 1 heterocycles. The molecule has 2 heteroatoms. The van der Waals surface area contributed by atoms with Crippen LogP contribution in [0.25, 0.3) is 0 Å². The van der Waals surface area contributed by atoms with Gasteiger partial charge in [-0.1, -0.05) is 116 Å². The van der Waals surface area contributed by atoms with Crippen molar-refractivity contribution in [3.8, 4) is 59.2 Å². The fraction of sp³-hybridized carbons (Fsp3) is 0.867. The molecule has 8 rings (SSSR count). The molecular formula is C75H122O2. The molecule has 8 aliphatic rings. The minimum atomic E-state index is 0.0555. The molecule has 1 unspecified atom stereocenters. The Morgan fingerprint density at radius 1 is 0.364 bits per heavy atom. The van der Waals surface area contributed by atoms with Crippen molar-refractivity contribution in [1.82, 2.24) is 0 Å². The largest absolute Gasteiger partial charge is 0.352 e. The monoisotopic (exact) mass is 1050 g/mol. The van der Waals surface area contributed by atoms with Gasteiger partial charge in [0.05, 0.1) is 13.2 Å². The molecule has 1 aliphatic heterocycles. The van der Waals surface area contributed by atoms with Crippen LogP contribution in [0.5, 0.6) is 0 Å². The SMILES string of the molecule is CC#CC1(C)CCC(CCC2(C#CC)CCC(C)CC2)CC1.CC#CC1(C)CCC(CCC2CCC(C)CC2)CC1.CC#CC1(C)CCC(CCC2OCC(C)CO2)CC1.CC#CC1C[C@H](C2CCC(C)CC2)CC[C@H]1C. The van der Waals surface area contributed by atoms with Crippen molar-refractivity contribution < 1.29 is 9.47 Å². The summed E-state index contributed by atoms with van der Waals surface area (Å²) < 4.78 is 11.4. The predicted molar refractivity (Wildman–Crippen MR) is 332 cm³/mol. The van der Waals surface area contributed by atoms with Crippen molar-refractivity contribution in [2.24, 2.45) is 92.7 Å². The quantitative estimate of drug-likeness (QED) is 0.203. The fourth-order valence-electron chi connectivity index (χ4n) is 15.8. The molecule has 0 N–H and O–H groups in total. The van der Waals surface area contributed by atoms with E-state index in [1.807, 2.05) is 34.6 Å². The molecule has 0 amide bonds. The molecule has 434 valence electrons. The highest BCUT2D eigenvalue weighted by molar-refractivity contribution is 5.14. The van der Waals surface area contributed by atoms with Crippen LogP contribution in [0.3, 0.4) is 0 Å². The summed E-state index contributed by atoms with van der Waals surface area (Å²) in [6, 6.07) is 0. The predicted octanol–water partition coefficient (Wildman–Crippen LogP) is 20.9. The minimum Gasteiger partial charge on any atom is -0.352 e. The Morgan fingerprint density at radius 3 is 1.19 bits per heavy atom. The lowest BCUT2D eigenvalue weighted by Crippen LogP contribution is -2.31. The lowest BCUT2D eigenvalue weighted by atomic mass is 9.66. The van der Waals surface area contributed by atoms with Crippen molar-refractivity contribution >= 4 is 0 Å². The molecule has 77 heavy (non-hydrogen) atoms. The van der Waals surface area contributed by atoms with E-state index >= 15 is 0 Å². The summed E-state index contributed by atoms with van der Waals surface area (Å²) in [6.07, 6.45) is 45.7. The summed E-state index contributed by atoms with van der Waals surface area (Å²) in [7, 11) is 0. The second kappa shape index (κ2) is 33.6. The highest BCUT2D eigenvalue weighted by Gasteiger charge is 2.37. The van der Waals surface area contributed by atoms with Gasteiger partial charge in [0.15, 0.2) is 6.29 Å². The van der Waals surface area contributed by atoms with Crippen LogP contribution >= 0.6 is 0 Å². The first-order chi connectivity index (χ1) is 36.9. The molecule has 0 bridgehead atoms. The summed E-state index contributed by atoms with van der Waals surface area (Å²) in [5.41, 5.74) is 1.27. The highest BCUT2D eigenvalue weighted by atomic mass is 16.7. The fourth-order valence-corrected chi connectivity index (χ4v) is 15.8. The van der Waals surface area contributed by atoms with E-state index in [-0.39, 0.29) is 11.7 Å². The third kappa shape index (κ3) is 23.2. The third-order valence-electron chi connectivity index (χ3n) is 21.9. The van der Waals surface area contributed by atoms with Crippen LogP contribution < -0.4 is 0 Å². The van der Waals surface area contributed by atoms with Crippen LogP contribution in [0.15, 0.2) is 0 Å². The van der Waals surface area contributed by atoms with Gasteiger partial charge in [-0.05, 0) is 275 Å². The first-order valence-electron chi connectivity index (χ1n) is 33.3. The molecule has 0 aromatic rings. The molecule has 7 saturated carbocycles. The Hall–Kier alpha value is -2.28. The van der Waals surface area contributed by atoms with Gasteiger partial charge in [0, 0.05) is 33.5 Å². The molecular weight excluding hydrogens is 933 g/mol. The highest BCUT2D eigenvalue weighted by Crippen LogP contribution is 2.47. The van der Waals surface area contributed by atoms with Crippen LogP contribution in [-0.4, -0.2) is 19.5 Å². The van der Waals surface area contributed by atoms with Crippen LogP contribution in [0.4, 0.5) is 0 Å². The molecule has 0 aromatic heterocycles. The second-order valence-corrected chi connectivity index (χ2v) is 29.1. The number of hydrogen-bond donors (Lipinski definition) is 0. The second-order valence-electron chi connectivity index (χ2n) is 29.1. The van der Waals surface area contributed by atoms with E-state index < -0.39 is 0 Å². The van der Waals surface area contributed by atoms with Crippen LogP contribution in [0, 0.1) is 152 Å². The van der Waals surface area contributed by atoms with Gasteiger partial charge in [-0.3, -0.25) is 0 Å². The number of ether oxygens (including phenoxy) is 2. The maximum atomic E-state index is 5.72.